The molecule has 0 fully saturated rings. The number of carbonyl (C=O) groups excluding carboxylic acids is 1. The fourth-order valence-electron chi connectivity index (χ4n) is 2.43. The number of non-ortho nitro benzene ring substituents is 1. The summed E-state index contributed by atoms with van der Waals surface area (Å²) < 4.78 is 0. The van der Waals surface area contributed by atoms with E-state index < -0.39 is 10.8 Å². The van der Waals surface area contributed by atoms with Crippen molar-refractivity contribution >= 4 is 52.2 Å². The summed E-state index contributed by atoms with van der Waals surface area (Å²) in [5, 5.41) is 14.6. The van der Waals surface area contributed by atoms with E-state index in [1.807, 2.05) is 36.4 Å². The molecule has 0 spiro atoms. The second kappa shape index (κ2) is 9.10. The van der Waals surface area contributed by atoms with Crippen LogP contribution in [0.3, 0.4) is 0 Å². The molecule has 0 aliphatic carbocycles. The quantitative estimate of drug-likeness (QED) is 0.276. The van der Waals surface area contributed by atoms with Gasteiger partial charge in [-0.3, -0.25) is 14.9 Å². The summed E-state index contributed by atoms with van der Waals surface area (Å²) in [5.41, 5.74) is 1.56. The van der Waals surface area contributed by atoms with Crippen molar-refractivity contribution in [1.82, 2.24) is 0 Å². The summed E-state index contributed by atoms with van der Waals surface area (Å²) in [5.74, 6) is 0.190. The summed E-state index contributed by atoms with van der Waals surface area (Å²) in [6, 6.07) is 18.7. The minimum Gasteiger partial charge on any atom is -0.321 e. The van der Waals surface area contributed by atoms with Crippen LogP contribution >= 0.6 is 35.0 Å². The number of hydrogen-bond donors (Lipinski definition) is 1. The van der Waals surface area contributed by atoms with Gasteiger partial charge in [-0.1, -0.05) is 47.5 Å². The van der Waals surface area contributed by atoms with E-state index in [1.54, 1.807) is 23.9 Å². The van der Waals surface area contributed by atoms with E-state index in [0.29, 0.717) is 16.5 Å². The molecule has 0 aliphatic heterocycles. The molecule has 1 amide bonds. The molecule has 3 aromatic carbocycles. The van der Waals surface area contributed by atoms with Crippen LogP contribution in [0.15, 0.2) is 71.6 Å². The number of nitrogens with one attached hydrogen (secondary N) is 1. The third-order valence-electron chi connectivity index (χ3n) is 3.85. The Morgan fingerprint density at radius 2 is 1.75 bits per heavy atom. The molecule has 0 unspecified atom stereocenters. The van der Waals surface area contributed by atoms with Crippen molar-refractivity contribution in [1.29, 1.82) is 0 Å². The van der Waals surface area contributed by atoms with Crippen molar-refractivity contribution < 1.29 is 9.72 Å². The van der Waals surface area contributed by atoms with Gasteiger partial charge in [-0.25, -0.2) is 0 Å². The Hall–Kier alpha value is -2.54. The summed E-state index contributed by atoms with van der Waals surface area (Å²) in [6.45, 7) is 0. The molecule has 0 radical (unpaired) electrons. The maximum absolute atomic E-state index is 12.6. The van der Waals surface area contributed by atoms with Gasteiger partial charge in [0.05, 0.1) is 21.2 Å². The van der Waals surface area contributed by atoms with Crippen molar-refractivity contribution in [2.24, 2.45) is 0 Å². The zero-order valence-electron chi connectivity index (χ0n) is 14.4. The van der Waals surface area contributed by atoms with Gasteiger partial charge >= 0.3 is 0 Å². The molecule has 0 aliphatic rings. The summed E-state index contributed by atoms with van der Waals surface area (Å²) in [4.78, 5) is 23.9. The lowest BCUT2D eigenvalue weighted by molar-refractivity contribution is -0.384. The van der Waals surface area contributed by atoms with Crippen LogP contribution in [0.5, 0.6) is 0 Å². The van der Waals surface area contributed by atoms with Crippen LogP contribution in [-0.2, 0) is 5.75 Å². The topological polar surface area (TPSA) is 72.2 Å². The number of thioether (sulfide) groups is 1. The van der Waals surface area contributed by atoms with E-state index in [4.69, 9.17) is 23.2 Å². The zero-order chi connectivity index (χ0) is 20.1. The average molecular weight is 433 g/mol. The number of halogens is 2. The van der Waals surface area contributed by atoms with Gasteiger partial charge in [0, 0.05) is 27.8 Å². The van der Waals surface area contributed by atoms with Gasteiger partial charge < -0.3 is 5.32 Å². The molecule has 1 N–H and O–H groups in total. The Morgan fingerprint density at radius 1 is 1.04 bits per heavy atom. The standard InChI is InChI=1S/C20H14Cl2N2O3S/c21-14-7-5-13(6-8-14)12-28-19-4-2-1-3-18(19)23-20(25)16-11-15(24(26)27)9-10-17(16)22/h1-11H,12H2,(H,23,25). The van der Waals surface area contributed by atoms with Gasteiger partial charge in [0.1, 0.15) is 0 Å². The minimum atomic E-state index is -0.566. The highest BCUT2D eigenvalue weighted by Crippen LogP contribution is 2.31. The van der Waals surface area contributed by atoms with Gasteiger partial charge in [0.25, 0.3) is 11.6 Å². The molecule has 8 heteroatoms. The van der Waals surface area contributed by atoms with Gasteiger partial charge in [-0.15, -0.1) is 11.8 Å². The molecule has 0 atom stereocenters. The molecular weight excluding hydrogens is 419 g/mol. The second-order valence-electron chi connectivity index (χ2n) is 5.79. The lowest BCUT2D eigenvalue weighted by Crippen LogP contribution is -2.13. The number of nitrogens with zero attached hydrogens (tertiary/aromatic N) is 1. The second-order valence-corrected chi connectivity index (χ2v) is 7.65. The van der Waals surface area contributed by atoms with Gasteiger partial charge in [-0.2, -0.15) is 0 Å². The molecule has 3 rings (SSSR count). The molecule has 28 heavy (non-hydrogen) atoms. The van der Waals surface area contributed by atoms with Crippen LogP contribution in [0.4, 0.5) is 11.4 Å². The lowest BCUT2D eigenvalue weighted by atomic mass is 10.2. The highest BCUT2D eigenvalue weighted by atomic mass is 35.5. The van der Waals surface area contributed by atoms with Crippen LogP contribution in [-0.4, -0.2) is 10.8 Å². The number of benzene rings is 3. The first-order chi connectivity index (χ1) is 13.4. The Labute approximate surface area is 175 Å². The van der Waals surface area contributed by atoms with Crippen molar-refractivity contribution in [2.45, 2.75) is 10.6 Å². The number of anilines is 1. The summed E-state index contributed by atoms with van der Waals surface area (Å²) in [6.07, 6.45) is 0. The van der Waals surface area contributed by atoms with Gasteiger partial charge in [-0.05, 0) is 35.9 Å². The van der Waals surface area contributed by atoms with Crippen molar-refractivity contribution in [3.8, 4) is 0 Å². The van der Waals surface area contributed by atoms with Crippen molar-refractivity contribution in [2.75, 3.05) is 5.32 Å². The molecule has 0 saturated heterocycles. The first-order valence-corrected chi connectivity index (χ1v) is 9.90. The number of amides is 1. The van der Waals surface area contributed by atoms with Crippen LogP contribution in [0.25, 0.3) is 0 Å². The SMILES string of the molecule is O=C(Nc1ccccc1SCc1ccc(Cl)cc1)c1cc([N+](=O)[O-])ccc1Cl. The van der Waals surface area contributed by atoms with Crippen LogP contribution in [0, 0.1) is 10.1 Å². The van der Waals surface area contributed by atoms with Gasteiger partial charge in [0.2, 0.25) is 0 Å². The third-order valence-corrected chi connectivity index (χ3v) is 5.57. The maximum Gasteiger partial charge on any atom is 0.270 e. The Kier molecular flexibility index (Phi) is 6.57. The molecular formula is C20H14Cl2N2O3S. The number of hydrogen-bond acceptors (Lipinski definition) is 4. The number of nitro groups is 1. The molecule has 3 aromatic rings. The third kappa shape index (κ3) is 5.04. The number of nitro benzene ring substituents is 1. The van der Waals surface area contributed by atoms with Crippen LogP contribution in [0.1, 0.15) is 15.9 Å². The minimum absolute atomic E-state index is 0.0494. The van der Waals surface area contributed by atoms with E-state index >= 15 is 0 Å². The number of para-hydroxylation sites is 1. The van der Waals surface area contributed by atoms with E-state index in [-0.39, 0.29) is 16.3 Å². The molecule has 0 bridgehead atoms. The lowest BCUT2D eigenvalue weighted by Gasteiger charge is -2.11. The van der Waals surface area contributed by atoms with E-state index in [0.717, 1.165) is 10.5 Å². The predicted octanol–water partition coefficient (Wildman–Crippen LogP) is 6.45. The average Bonchev–Trinajstić information content (AvgIpc) is 2.68. The monoisotopic (exact) mass is 432 g/mol. The van der Waals surface area contributed by atoms with Crippen molar-refractivity contribution in [3.63, 3.8) is 0 Å². The predicted molar refractivity (Wildman–Crippen MR) is 114 cm³/mol. The van der Waals surface area contributed by atoms with E-state index in [1.165, 1.54) is 18.2 Å². The van der Waals surface area contributed by atoms with E-state index in [2.05, 4.69) is 5.32 Å². The smallest absolute Gasteiger partial charge is 0.270 e. The molecule has 0 heterocycles. The summed E-state index contributed by atoms with van der Waals surface area (Å²) >= 11 is 13.5. The first kappa shape index (κ1) is 20.2. The molecule has 0 aromatic heterocycles. The normalized spacial score (nSPS) is 10.5. The number of carbonyl (C=O) groups is 1. The fraction of sp³-hybridized carbons (Fsp3) is 0.0500. The highest BCUT2D eigenvalue weighted by Gasteiger charge is 2.17. The molecule has 142 valence electrons. The Morgan fingerprint density at radius 3 is 2.46 bits per heavy atom. The first-order valence-electron chi connectivity index (χ1n) is 8.15. The maximum atomic E-state index is 12.6. The zero-order valence-corrected chi connectivity index (χ0v) is 16.7. The van der Waals surface area contributed by atoms with Gasteiger partial charge in [0.15, 0.2) is 0 Å². The largest absolute Gasteiger partial charge is 0.321 e. The van der Waals surface area contributed by atoms with Crippen LogP contribution < -0.4 is 5.32 Å². The molecule has 5 nitrogen and oxygen atoms in total. The van der Waals surface area contributed by atoms with Crippen LogP contribution in [0.2, 0.25) is 10.0 Å². The summed E-state index contributed by atoms with van der Waals surface area (Å²) in [7, 11) is 0. The highest BCUT2D eigenvalue weighted by molar-refractivity contribution is 7.98. The number of rotatable bonds is 6. The molecule has 0 saturated carbocycles. The van der Waals surface area contributed by atoms with E-state index in [9.17, 15) is 14.9 Å². The Balaban J connectivity index is 1.77. The Bertz CT molecular complexity index is 1030. The fourth-order valence-corrected chi connectivity index (χ4v) is 3.72. The van der Waals surface area contributed by atoms with Crippen molar-refractivity contribution in [3.05, 3.63) is 98.0 Å².